The van der Waals surface area contributed by atoms with Crippen LogP contribution in [-0.2, 0) is 6.67 Å². The molecule has 6 heteroatoms. The van der Waals surface area contributed by atoms with E-state index in [1.54, 1.807) is 12.1 Å². The van der Waals surface area contributed by atoms with Crippen molar-refractivity contribution in [2.24, 2.45) is 5.92 Å². The number of halogens is 1. The Hall–Kier alpha value is -2.31. The highest BCUT2D eigenvalue weighted by molar-refractivity contribution is 7.71. The zero-order valence-electron chi connectivity index (χ0n) is 15.4. The van der Waals surface area contributed by atoms with Gasteiger partial charge in [-0.2, -0.15) is 0 Å². The highest BCUT2D eigenvalue weighted by atomic mass is 32.1. The number of nitrogens with zero attached hydrogens (tertiary/aromatic N) is 4. The molecule has 0 N–H and O–H groups in total. The summed E-state index contributed by atoms with van der Waals surface area (Å²) < 4.78 is 18.8. The van der Waals surface area contributed by atoms with Gasteiger partial charge in [0.1, 0.15) is 5.82 Å². The third kappa shape index (κ3) is 3.73. The Labute approximate surface area is 163 Å². The normalized spacial score (nSPS) is 15.9. The zero-order chi connectivity index (χ0) is 18.8. The fraction of sp³-hybridized carbons (Fsp3) is 0.333. The minimum Gasteiger partial charge on any atom is -0.284 e. The lowest BCUT2D eigenvalue weighted by molar-refractivity contribution is 0.146. The van der Waals surface area contributed by atoms with Gasteiger partial charge in [0.05, 0.1) is 12.2 Å². The van der Waals surface area contributed by atoms with Crippen LogP contribution in [0.15, 0.2) is 54.6 Å². The van der Waals surface area contributed by atoms with Crippen LogP contribution >= 0.6 is 12.2 Å². The van der Waals surface area contributed by atoms with Crippen LogP contribution in [0.2, 0.25) is 0 Å². The average Bonchev–Trinajstić information content (AvgIpc) is 3.01. The second kappa shape index (κ2) is 7.74. The summed E-state index contributed by atoms with van der Waals surface area (Å²) in [7, 11) is 0. The molecule has 0 aliphatic carbocycles. The Morgan fingerprint density at radius 3 is 2.41 bits per heavy atom. The Balaban J connectivity index is 1.78. The predicted octanol–water partition coefficient (Wildman–Crippen LogP) is 4.90. The molecule has 1 fully saturated rings. The van der Waals surface area contributed by atoms with Crippen LogP contribution < -0.4 is 0 Å². The Morgan fingerprint density at radius 1 is 1.04 bits per heavy atom. The minimum absolute atomic E-state index is 0.298. The quantitative estimate of drug-likeness (QED) is 0.601. The van der Waals surface area contributed by atoms with Gasteiger partial charge in [0, 0.05) is 18.8 Å². The lowest BCUT2D eigenvalue weighted by atomic mass is 10.00. The topological polar surface area (TPSA) is 26.0 Å². The van der Waals surface area contributed by atoms with Crippen molar-refractivity contribution < 1.29 is 4.39 Å². The fourth-order valence-electron chi connectivity index (χ4n) is 3.52. The van der Waals surface area contributed by atoms with E-state index in [-0.39, 0.29) is 5.82 Å². The van der Waals surface area contributed by atoms with Crippen molar-refractivity contribution >= 4 is 12.2 Å². The summed E-state index contributed by atoms with van der Waals surface area (Å²) in [5.41, 5.74) is 1.35. The van der Waals surface area contributed by atoms with Gasteiger partial charge in [-0.25, -0.2) is 9.07 Å². The minimum atomic E-state index is -0.298. The summed E-state index contributed by atoms with van der Waals surface area (Å²) in [5.74, 6) is 1.01. The van der Waals surface area contributed by atoms with Crippen molar-refractivity contribution in [2.45, 2.75) is 26.4 Å². The van der Waals surface area contributed by atoms with Gasteiger partial charge >= 0.3 is 0 Å². The number of aromatic nitrogens is 3. The highest BCUT2D eigenvalue weighted by Gasteiger charge is 2.20. The van der Waals surface area contributed by atoms with E-state index in [0.29, 0.717) is 22.8 Å². The molecule has 1 aliphatic heterocycles. The van der Waals surface area contributed by atoms with Gasteiger partial charge < -0.3 is 0 Å². The molecule has 2 aromatic carbocycles. The summed E-state index contributed by atoms with van der Waals surface area (Å²) in [6.07, 6.45) is 2.37. The van der Waals surface area contributed by atoms with Gasteiger partial charge in [0.15, 0.2) is 5.82 Å². The van der Waals surface area contributed by atoms with Gasteiger partial charge in [-0.3, -0.25) is 9.47 Å². The first-order valence-corrected chi connectivity index (χ1v) is 9.77. The molecule has 1 aromatic heterocycles. The van der Waals surface area contributed by atoms with Crippen molar-refractivity contribution in [3.63, 3.8) is 0 Å². The van der Waals surface area contributed by atoms with E-state index in [9.17, 15) is 4.39 Å². The number of piperidine rings is 1. The lowest BCUT2D eigenvalue weighted by Gasteiger charge is -2.29. The SMILES string of the molecule is CC1CCN(Cn2nc(-c3ccccc3F)n(-c3ccccc3)c2=S)CC1. The van der Waals surface area contributed by atoms with Crippen molar-refractivity contribution in [1.82, 2.24) is 19.2 Å². The van der Waals surface area contributed by atoms with E-state index in [2.05, 4.69) is 11.8 Å². The standard InChI is InChI=1S/C21H23FN4S/c1-16-11-13-24(14-12-16)15-25-21(27)26(17-7-3-2-4-8-17)20(23-25)18-9-5-6-10-19(18)22/h2-10,16H,11-15H2,1H3. The van der Waals surface area contributed by atoms with Crippen LogP contribution in [-0.4, -0.2) is 32.3 Å². The third-order valence-electron chi connectivity index (χ3n) is 5.18. The van der Waals surface area contributed by atoms with Crippen LogP contribution in [0.3, 0.4) is 0 Å². The number of likely N-dealkylation sites (tertiary alicyclic amines) is 1. The highest BCUT2D eigenvalue weighted by Crippen LogP contribution is 2.25. The molecule has 140 valence electrons. The molecule has 0 atom stereocenters. The van der Waals surface area contributed by atoms with E-state index in [4.69, 9.17) is 17.3 Å². The van der Waals surface area contributed by atoms with Gasteiger partial charge in [-0.1, -0.05) is 37.3 Å². The second-order valence-electron chi connectivity index (χ2n) is 7.20. The maximum absolute atomic E-state index is 14.5. The van der Waals surface area contributed by atoms with Crippen LogP contribution in [0.1, 0.15) is 19.8 Å². The molecule has 0 amide bonds. The average molecular weight is 383 g/mol. The van der Waals surface area contributed by atoms with E-state index >= 15 is 0 Å². The monoisotopic (exact) mass is 382 g/mol. The Kier molecular flexibility index (Phi) is 5.18. The number of para-hydroxylation sites is 1. The van der Waals surface area contributed by atoms with Crippen LogP contribution in [0.5, 0.6) is 0 Å². The van der Waals surface area contributed by atoms with E-state index in [1.807, 2.05) is 45.6 Å². The molecule has 0 spiro atoms. The Morgan fingerprint density at radius 2 is 1.70 bits per heavy atom. The lowest BCUT2D eigenvalue weighted by Crippen LogP contribution is -2.34. The van der Waals surface area contributed by atoms with E-state index in [1.165, 1.54) is 18.9 Å². The Bertz CT molecular complexity index is 971. The van der Waals surface area contributed by atoms with Gasteiger partial charge in [-0.15, -0.1) is 5.10 Å². The number of rotatable bonds is 4. The molecular formula is C21H23FN4S. The maximum atomic E-state index is 14.5. The molecular weight excluding hydrogens is 359 g/mol. The van der Waals surface area contributed by atoms with Gasteiger partial charge in [0.25, 0.3) is 0 Å². The number of hydrogen-bond acceptors (Lipinski definition) is 3. The molecule has 0 bridgehead atoms. The molecule has 1 saturated heterocycles. The van der Waals surface area contributed by atoms with Crippen molar-refractivity contribution in [1.29, 1.82) is 0 Å². The van der Waals surface area contributed by atoms with Crippen molar-refractivity contribution in [3.05, 3.63) is 65.2 Å². The summed E-state index contributed by atoms with van der Waals surface area (Å²) in [6.45, 7) is 5.00. The first kappa shape index (κ1) is 18.1. The summed E-state index contributed by atoms with van der Waals surface area (Å²) in [6, 6.07) is 16.5. The molecule has 0 unspecified atom stereocenters. The zero-order valence-corrected chi connectivity index (χ0v) is 16.2. The third-order valence-corrected chi connectivity index (χ3v) is 5.57. The predicted molar refractivity (Wildman–Crippen MR) is 108 cm³/mol. The van der Waals surface area contributed by atoms with E-state index < -0.39 is 0 Å². The fourth-order valence-corrected chi connectivity index (χ4v) is 3.81. The maximum Gasteiger partial charge on any atom is 0.204 e. The molecule has 2 heterocycles. The number of benzene rings is 2. The first-order valence-electron chi connectivity index (χ1n) is 9.36. The van der Waals surface area contributed by atoms with Crippen molar-refractivity contribution in [2.75, 3.05) is 13.1 Å². The molecule has 4 nitrogen and oxygen atoms in total. The molecule has 1 aliphatic rings. The molecule has 0 radical (unpaired) electrons. The molecule has 27 heavy (non-hydrogen) atoms. The van der Waals surface area contributed by atoms with Crippen molar-refractivity contribution in [3.8, 4) is 17.1 Å². The van der Waals surface area contributed by atoms with Crippen LogP contribution in [0.4, 0.5) is 4.39 Å². The van der Waals surface area contributed by atoms with Gasteiger partial charge in [-0.05, 0) is 55.2 Å². The second-order valence-corrected chi connectivity index (χ2v) is 7.56. The van der Waals surface area contributed by atoms with E-state index in [0.717, 1.165) is 24.7 Å². The smallest absolute Gasteiger partial charge is 0.204 e. The molecule has 3 aromatic rings. The summed E-state index contributed by atoms with van der Waals surface area (Å²) in [4.78, 5) is 2.36. The first-order chi connectivity index (χ1) is 13.1. The van der Waals surface area contributed by atoms with Crippen LogP contribution in [0, 0.1) is 16.5 Å². The van der Waals surface area contributed by atoms with Crippen LogP contribution in [0.25, 0.3) is 17.1 Å². The molecule has 0 saturated carbocycles. The number of hydrogen-bond donors (Lipinski definition) is 0. The van der Waals surface area contributed by atoms with Gasteiger partial charge in [0.2, 0.25) is 4.77 Å². The summed E-state index contributed by atoms with van der Waals surface area (Å²) in [5, 5.41) is 4.72. The summed E-state index contributed by atoms with van der Waals surface area (Å²) >= 11 is 5.74. The largest absolute Gasteiger partial charge is 0.284 e. The molecule has 4 rings (SSSR count).